The Kier molecular flexibility index (Phi) is 6.43. The molecule has 0 saturated carbocycles. The van der Waals surface area contributed by atoms with Gasteiger partial charge in [-0.2, -0.15) is 0 Å². The van der Waals surface area contributed by atoms with Crippen LogP contribution >= 0.6 is 0 Å². The lowest BCUT2D eigenvalue weighted by Crippen LogP contribution is -2.32. The van der Waals surface area contributed by atoms with E-state index >= 15 is 0 Å². The van der Waals surface area contributed by atoms with Crippen LogP contribution in [0.1, 0.15) is 18.1 Å². The van der Waals surface area contributed by atoms with Crippen LogP contribution in [0.15, 0.2) is 54.6 Å². The maximum absolute atomic E-state index is 12.0. The van der Waals surface area contributed by atoms with Crippen molar-refractivity contribution in [2.24, 2.45) is 0 Å². The number of carbonyl (C=O) groups is 1. The Balaban J connectivity index is 1.92. The normalized spacial score (nSPS) is 12.0. The number of rotatable bonds is 7. The molecule has 0 aliphatic carbocycles. The summed E-state index contributed by atoms with van der Waals surface area (Å²) in [6.45, 7) is 2.00. The second kappa shape index (κ2) is 8.77. The van der Waals surface area contributed by atoms with E-state index in [2.05, 4.69) is 17.4 Å². The fraction of sp³-hybridized carbons (Fsp3) is 0.250. The van der Waals surface area contributed by atoms with Gasteiger partial charge in [0, 0.05) is 12.1 Å². The highest BCUT2D eigenvalue weighted by Gasteiger charge is 2.06. The molecule has 0 saturated heterocycles. The number of methoxy groups -OCH3 is 2. The Hall–Kier alpha value is -2.75. The summed E-state index contributed by atoms with van der Waals surface area (Å²) in [7, 11) is 3.18. The van der Waals surface area contributed by atoms with Crippen LogP contribution < -0.4 is 14.8 Å². The summed E-state index contributed by atoms with van der Waals surface area (Å²) < 4.78 is 10.5. The topological polar surface area (TPSA) is 47.6 Å². The third-order valence-corrected chi connectivity index (χ3v) is 3.61. The molecule has 4 nitrogen and oxygen atoms in total. The fourth-order valence-electron chi connectivity index (χ4n) is 2.44. The first kappa shape index (κ1) is 17.6. The Morgan fingerprint density at radius 1 is 1.08 bits per heavy atom. The molecule has 1 amide bonds. The van der Waals surface area contributed by atoms with Crippen LogP contribution in [0.4, 0.5) is 0 Å². The summed E-state index contributed by atoms with van der Waals surface area (Å²) in [5.41, 5.74) is 2.08. The predicted octanol–water partition coefficient (Wildman–Crippen LogP) is 3.46. The van der Waals surface area contributed by atoms with Gasteiger partial charge in [0.15, 0.2) is 11.5 Å². The lowest BCUT2D eigenvalue weighted by molar-refractivity contribution is -0.117. The second-order valence-corrected chi connectivity index (χ2v) is 5.55. The maximum atomic E-state index is 12.0. The van der Waals surface area contributed by atoms with Gasteiger partial charge in [0.25, 0.3) is 0 Å². The van der Waals surface area contributed by atoms with Gasteiger partial charge in [0.05, 0.1) is 14.2 Å². The van der Waals surface area contributed by atoms with Gasteiger partial charge in [-0.15, -0.1) is 0 Å². The Morgan fingerprint density at radius 3 is 2.46 bits per heavy atom. The van der Waals surface area contributed by atoms with Crippen LogP contribution in [0.2, 0.25) is 0 Å². The highest BCUT2D eigenvalue weighted by molar-refractivity contribution is 5.92. The van der Waals surface area contributed by atoms with Crippen LogP contribution in [0, 0.1) is 0 Å². The average molecular weight is 325 g/mol. The first-order valence-electron chi connectivity index (χ1n) is 7.87. The molecule has 0 aliphatic heterocycles. The van der Waals surface area contributed by atoms with Crippen molar-refractivity contribution in [3.8, 4) is 11.5 Å². The van der Waals surface area contributed by atoms with E-state index in [1.807, 2.05) is 43.3 Å². The fourth-order valence-corrected chi connectivity index (χ4v) is 2.44. The number of ether oxygens (including phenoxy) is 2. The maximum Gasteiger partial charge on any atom is 0.244 e. The number of carbonyl (C=O) groups excluding carboxylic acids is 1. The lowest BCUT2D eigenvalue weighted by atomic mass is 10.1. The zero-order valence-corrected chi connectivity index (χ0v) is 14.3. The monoisotopic (exact) mass is 325 g/mol. The zero-order chi connectivity index (χ0) is 17.4. The van der Waals surface area contributed by atoms with Gasteiger partial charge in [-0.05, 0) is 42.7 Å². The van der Waals surface area contributed by atoms with E-state index in [0.717, 1.165) is 12.0 Å². The number of nitrogens with one attached hydrogen (secondary N) is 1. The van der Waals surface area contributed by atoms with Crippen LogP contribution in [0.5, 0.6) is 11.5 Å². The molecule has 2 aromatic rings. The van der Waals surface area contributed by atoms with Crippen LogP contribution in [0.25, 0.3) is 6.08 Å². The van der Waals surface area contributed by atoms with Crippen molar-refractivity contribution < 1.29 is 14.3 Å². The summed E-state index contributed by atoms with van der Waals surface area (Å²) in [6, 6.07) is 15.7. The molecule has 0 radical (unpaired) electrons. The van der Waals surface area contributed by atoms with Crippen molar-refractivity contribution in [2.75, 3.05) is 14.2 Å². The summed E-state index contributed by atoms with van der Waals surface area (Å²) in [4.78, 5) is 12.0. The number of hydrogen-bond donors (Lipinski definition) is 1. The van der Waals surface area contributed by atoms with Gasteiger partial charge in [0.1, 0.15) is 0 Å². The number of hydrogen-bond acceptors (Lipinski definition) is 3. The highest BCUT2D eigenvalue weighted by atomic mass is 16.5. The minimum absolute atomic E-state index is 0.0648. The average Bonchev–Trinajstić information content (AvgIpc) is 2.60. The van der Waals surface area contributed by atoms with Crippen molar-refractivity contribution in [1.29, 1.82) is 0 Å². The minimum Gasteiger partial charge on any atom is -0.493 e. The first-order valence-corrected chi connectivity index (χ1v) is 7.87. The van der Waals surface area contributed by atoms with Gasteiger partial charge in [-0.25, -0.2) is 0 Å². The van der Waals surface area contributed by atoms with Crippen molar-refractivity contribution in [3.05, 3.63) is 65.7 Å². The summed E-state index contributed by atoms with van der Waals surface area (Å²) in [5, 5.41) is 2.97. The molecular weight excluding hydrogens is 302 g/mol. The first-order chi connectivity index (χ1) is 11.6. The Morgan fingerprint density at radius 2 is 1.79 bits per heavy atom. The molecule has 0 aromatic heterocycles. The van der Waals surface area contributed by atoms with Gasteiger partial charge in [0.2, 0.25) is 5.91 Å². The van der Waals surface area contributed by atoms with Gasteiger partial charge in [-0.1, -0.05) is 36.4 Å². The van der Waals surface area contributed by atoms with Crippen LogP contribution in [-0.4, -0.2) is 26.2 Å². The molecule has 0 bridgehead atoms. The summed E-state index contributed by atoms with van der Waals surface area (Å²) in [5.74, 6) is 1.18. The molecule has 0 fully saturated rings. The molecule has 0 unspecified atom stereocenters. The highest BCUT2D eigenvalue weighted by Crippen LogP contribution is 2.27. The number of amides is 1. The number of benzene rings is 2. The van der Waals surface area contributed by atoms with E-state index in [0.29, 0.717) is 11.5 Å². The van der Waals surface area contributed by atoms with Crippen molar-refractivity contribution >= 4 is 12.0 Å². The van der Waals surface area contributed by atoms with Crippen molar-refractivity contribution in [2.45, 2.75) is 19.4 Å². The smallest absolute Gasteiger partial charge is 0.244 e. The molecule has 24 heavy (non-hydrogen) atoms. The Labute approximate surface area is 143 Å². The standard InChI is InChI=1S/C20H23NO3/c1-15(13-16-7-5-4-6-8-16)21-20(22)12-10-17-9-11-18(23-2)19(14-17)24-3/h4-12,14-15H,13H2,1-3H3,(H,21,22)/b12-10-/t15-/m0/s1. The van der Waals surface area contributed by atoms with Gasteiger partial charge >= 0.3 is 0 Å². The molecule has 2 aromatic carbocycles. The SMILES string of the molecule is COc1ccc(/C=C\C(=O)N[C@@H](C)Cc2ccccc2)cc1OC. The van der Waals surface area contributed by atoms with E-state index in [4.69, 9.17) is 9.47 Å². The molecular formula is C20H23NO3. The summed E-state index contributed by atoms with van der Waals surface area (Å²) >= 11 is 0. The van der Waals surface area contributed by atoms with E-state index in [-0.39, 0.29) is 11.9 Å². The largest absolute Gasteiger partial charge is 0.493 e. The van der Waals surface area contributed by atoms with E-state index in [1.165, 1.54) is 11.6 Å². The van der Waals surface area contributed by atoms with Gasteiger partial charge < -0.3 is 14.8 Å². The minimum atomic E-state index is -0.117. The third-order valence-electron chi connectivity index (χ3n) is 3.61. The quantitative estimate of drug-likeness (QED) is 0.793. The Bertz CT molecular complexity index is 695. The van der Waals surface area contributed by atoms with Crippen LogP contribution in [0.3, 0.4) is 0 Å². The predicted molar refractivity (Wildman–Crippen MR) is 96.3 cm³/mol. The molecule has 1 atom stereocenters. The zero-order valence-electron chi connectivity index (χ0n) is 14.3. The molecule has 0 spiro atoms. The molecule has 126 valence electrons. The van der Waals surface area contributed by atoms with Crippen molar-refractivity contribution in [1.82, 2.24) is 5.32 Å². The van der Waals surface area contributed by atoms with E-state index in [1.54, 1.807) is 20.3 Å². The van der Waals surface area contributed by atoms with E-state index in [9.17, 15) is 4.79 Å². The third kappa shape index (κ3) is 5.16. The van der Waals surface area contributed by atoms with Crippen molar-refractivity contribution in [3.63, 3.8) is 0 Å². The molecule has 0 heterocycles. The van der Waals surface area contributed by atoms with E-state index < -0.39 is 0 Å². The molecule has 0 aliphatic rings. The molecule has 2 rings (SSSR count). The summed E-state index contributed by atoms with van der Waals surface area (Å²) in [6.07, 6.45) is 4.09. The van der Waals surface area contributed by atoms with Crippen LogP contribution in [-0.2, 0) is 11.2 Å². The molecule has 4 heteroatoms. The molecule has 1 N–H and O–H groups in total. The van der Waals surface area contributed by atoms with Gasteiger partial charge in [-0.3, -0.25) is 4.79 Å². The lowest BCUT2D eigenvalue weighted by Gasteiger charge is -2.12. The second-order valence-electron chi connectivity index (χ2n) is 5.55.